The van der Waals surface area contributed by atoms with Crippen molar-refractivity contribution in [2.24, 2.45) is 5.92 Å². The number of carbonyl (C=O) groups is 1. The van der Waals surface area contributed by atoms with Crippen LogP contribution >= 0.6 is 25.0 Å². The van der Waals surface area contributed by atoms with Gasteiger partial charge in [0.2, 0.25) is 5.12 Å². The van der Waals surface area contributed by atoms with Gasteiger partial charge >= 0.3 is 0 Å². The van der Waals surface area contributed by atoms with E-state index in [4.69, 9.17) is 0 Å². The van der Waals surface area contributed by atoms with Crippen LogP contribution in [0.25, 0.3) is 0 Å². The third kappa shape index (κ3) is 2.48. The average molecular weight is 182 g/mol. The molecule has 1 rings (SSSR count). The zero-order valence-corrected chi connectivity index (χ0v) is 7.54. The molecule has 4 heteroatoms. The van der Waals surface area contributed by atoms with E-state index in [1.165, 1.54) is 0 Å². The minimum atomic E-state index is -0.0284. The fraction of sp³-hybridized carbons (Fsp3) is 0.833. The quantitative estimate of drug-likeness (QED) is 0.588. The van der Waals surface area contributed by atoms with E-state index >= 15 is 0 Å². The zero-order valence-electron chi connectivity index (χ0n) is 5.83. The molecule has 1 aliphatic rings. The van der Waals surface area contributed by atoms with E-state index in [-0.39, 0.29) is 23.6 Å². The van der Waals surface area contributed by atoms with E-state index in [1.807, 2.05) is 0 Å². The summed E-state index contributed by atoms with van der Waals surface area (Å²) in [4.78, 5) is 10.6. The van der Waals surface area contributed by atoms with E-state index in [1.54, 1.807) is 0 Å². The minimum Gasteiger partial charge on any atom is -0.306 e. The average Bonchev–Trinajstić information content (AvgIpc) is 2.14. The zero-order chi connectivity index (χ0) is 6.85. The summed E-state index contributed by atoms with van der Waals surface area (Å²) in [5.74, 6) is 0.631. The molecular weight excluding hydrogens is 170 g/mol. The molecule has 0 spiro atoms. The summed E-state index contributed by atoms with van der Waals surface area (Å²) in [7, 11) is 0. The van der Waals surface area contributed by atoms with Gasteiger partial charge in [-0.25, -0.2) is 0 Å². The number of rotatable bonds is 1. The maximum absolute atomic E-state index is 10.6. The van der Waals surface area contributed by atoms with Crippen molar-refractivity contribution in [1.82, 2.24) is 5.32 Å². The van der Waals surface area contributed by atoms with Crippen LogP contribution in [0.15, 0.2) is 0 Å². The Morgan fingerprint density at radius 3 is 2.50 bits per heavy atom. The van der Waals surface area contributed by atoms with Crippen molar-refractivity contribution in [3.63, 3.8) is 0 Å². The molecule has 1 aliphatic heterocycles. The van der Waals surface area contributed by atoms with Crippen LogP contribution in [0.2, 0.25) is 0 Å². The summed E-state index contributed by atoms with van der Waals surface area (Å²) in [5, 5.41) is 3.05. The molecule has 2 nitrogen and oxygen atoms in total. The maximum atomic E-state index is 10.6. The summed E-state index contributed by atoms with van der Waals surface area (Å²) in [5.41, 5.74) is 0. The van der Waals surface area contributed by atoms with Gasteiger partial charge in [0.05, 0.1) is 6.04 Å². The number of nitrogens with one attached hydrogen (secondary N) is 1. The maximum Gasteiger partial charge on any atom is 0.202 e. The second-order valence-corrected chi connectivity index (χ2v) is 3.08. The molecular formula is C6H12ClNOS. The fourth-order valence-electron chi connectivity index (χ4n) is 1.10. The molecule has 0 aliphatic carbocycles. The summed E-state index contributed by atoms with van der Waals surface area (Å²) in [6, 6.07) is 0.0170. The smallest absolute Gasteiger partial charge is 0.202 e. The van der Waals surface area contributed by atoms with Gasteiger partial charge in [0.15, 0.2) is 0 Å². The summed E-state index contributed by atoms with van der Waals surface area (Å²) >= 11 is 3.73. The Kier molecular flexibility index (Phi) is 4.32. The Balaban J connectivity index is 0.000000810. The predicted octanol–water partition coefficient (Wildman–Crippen LogP) is 0.863. The Hall–Kier alpha value is 0.270. The number of hydrogen-bond donors (Lipinski definition) is 2. The van der Waals surface area contributed by atoms with Crippen LogP contribution in [-0.2, 0) is 4.79 Å². The first-order valence-corrected chi connectivity index (χ1v) is 3.61. The van der Waals surface area contributed by atoms with Crippen molar-refractivity contribution in [2.75, 3.05) is 6.54 Å². The first-order chi connectivity index (χ1) is 4.20. The first kappa shape index (κ1) is 10.3. The van der Waals surface area contributed by atoms with Gasteiger partial charge in [0.25, 0.3) is 0 Å². The summed E-state index contributed by atoms with van der Waals surface area (Å²) < 4.78 is 0. The van der Waals surface area contributed by atoms with Crippen LogP contribution < -0.4 is 5.32 Å². The highest BCUT2D eigenvalue weighted by atomic mass is 35.5. The molecule has 0 unspecified atom stereocenters. The van der Waals surface area contributed by atoms with Crippen molar-refractivity contribution in [3.8, 4) is 0 Å². The third-order valence-electron chi connectivity index (χ3n) is 1.65. The lowest BCUT2D eigenvalue weighted by atomic mass is 10.1. The number of halogens is 1. The molecule has 0 aromatic carbocycles. The predicted molar refractivity (Wildman–Crippen MR) is 46.8 cm³/mol. The lowest BCUT2D eigenvalue weighted by molar-refractivity contribution is -0.112. The largest absolute Gasteiger partial charge is 0.306 e. The molecule has 1 heterocycles. The van der Waals surface area contributed by atoms with E-state index in [0.29, 0.717) is 5.92 Å². The topological polar surface area (TPSA) is 29.1 Å². The monoisotopic (exact) mass is 181 g/mol. The minimum absolute atomic E-state index is 0. The lowest BCUT2D eigenvalue weighted by Gasteiger charge is -2.01. The van der Waals surface area contributed by atoms with Crippen molar-refractivity contribution < 1.29 is 4.79 Å². The summed E-state index contributed by atoms with van der Waals surface area (Å²) in [6.45, 7) is 3.08. The summed E-state index contributed by atoms with van der Waals surface area (Å²) in [6.07, 6.45) is 0.947. The van der Waals surface area contributed by atoms with E-state index < -0.39 is 0 Å². The van der Waals surface area contributed by atoms with Crippen molar-refractivity contribution in [2.45, 2.75) is 19.4 Å². The molecule has 0 bridgehead atoms. The molecule has 0 aromatic rings. The molecule has 0 amide bonds. The molecule has 1 N–H and O–H groups in total. The molecule has 0 saturated carbocycles. The molecule has 10 heavy (non-hydrogen) atoms. The van der Waals surface area contributed by atoms with Gasteiger partial charge < -0.3 is 5.32 Å². The number of carbonyl (C=O) groups excluding carboxylic acids is 1. The van der Waals surface area contributed by atoms with Gasteiger partial charge in [-0.05, 0) is 18.9 Å². The Labute approximate surface area is 72.6 Å². The van der Waals surface area contributed by atoms with Crippen LogP contribution in [0.1, 0.15) is 13.3 Å². The van der Waals surface area contributed by atoms with Gasteiger partial charge in [-0.1, -0.05) is 6.92 Å². The van der Waals surface area contributed by atoms with Crippen molar-refractivity contribution in [1.29, 1.82) is 0 Å². The van der Waals surface area contributed by atoms with Crippen LogP contribution in [0, 0.1) is 5.92 Å². The highest BCUT2D eigenvalue weighted by molar-refractivity contribution is 7.96. The second-order valence-electron chi connectivity index (χ2n) is 2.64. The Bertz CT molecular complexity index is 131. The first-order valence-electron chi connectivity index (χ1n) is 3.16. The SMILES string of the molecule is C[C@H]1CN[C@H](C(=O)S)C1.Cl. The molecule has 2 atom stereocenters. The second kappa shape index (κ2) is 4.21. The number of hydrogen-bond acceptors (Lipinski definition) is 2. The highest BCUT2D eigenvalue weighted by Crippen LogP contribution is 2.13. The van der Waals surface area contributed by atoms with Crippen molar-refractivity contribution >= 4 is 30.2 Å². The standard InChI is InChI=1S/C6H11NOS.ClH/c1-4-2-5(6(8)9)7-3-4;/h4-5,7H,2-3H2,1H3,(H,8,9);1H/t4-,5+;/m1./s1. The van der Waals surface area contributed by atoms with Gasteiger partial charge in [0.1, 0.15) is 0 Å². The number of thiol groups is 1. The van der Waals surface area contributed by atoms with E-state index in [9.17, 15) is 4.79 Å². The van der Waals surface area contributed by atoms with Crippen LogP contribution in [0.5, 0.6) is 0 Å². The molecule has 60 valence electrons. The molecule has 1 saturated heterocycles. The van der Waals surface area contributed by atoms with E-state index in [2.05, 4.69) is 24.9 Å². The van der Waals surface area contributed by atoms with Crippen LogP contribution in [0.3, 0.4) is 0 Å². The van der Waals surface area contributed by atoms with Crippen LogP contribution in [0.4, 0.5) is 0 Å². The van der Waals surface area contributed by atoms with Crippen molar-refractivity contribution in [3.05, 3.63) is 0 Å². The van der Waals surface area contributed by atoms with E-state index in [0.717, 1.165) is 13.0 Å². The Morgan fingerprint density at radius 1 is 1.70 bits per heavy atom. The molecule has 0 radical (unpaired) electrons. The fourth-order valence-corrected chi connectivity index (χ4v) is 1.30. The van der Waals surface area contributed by atoms with Gasteiger partial charge in [0, 0.05) is 0 Å². The normalized spacial score (nSPS) is 31.4. The van der Waals surface area contributed by atoms with Gasteiger partial charge in [-0.3, -0.25) is 4.79 Å². The third-order valence-corrected chi connectivity index (χ3v) is 1.96. The van der Waals surface area contributed by atoms with Crippen LogP contribution in [-0.4, -0.2) is 17.7 Å². The molecule has 0 aromatic heterocycles. The Morgan fingerprint density at radius 2 is 2.30 bits per heavy atom. The van der Waals surface area contributed by atoms with Gasteiger partial charge in [-0.15, -0.1) is 25.0 Å². The molecule has 1 fully saturated rings. The van der Waals surface area contributed by atoms with Gasteiger partial charge in [-0.2, -0.15) is 0 Å². The lowest BCUT2D eigenvalue weighted by Crippen LogP contribution is -2.26. The highest BCUT2D eigenvalue weighted by Gasteiger charge is 2.23.